The largest absolute Gasteiger partial charge is 3.00 e. The zero-order valence-electron chi connectivity index (χ0n) is 59.0. The van der Waals surface area contributed by atoms with E-state index in [9.17, 15) is 0 Å². The van der Waals surface area contributed by atoms with Gasteiger partial charge in [0.2, 0.25) is 0 Å². The van der Waals surface area contributed by atoms with Crippen molar-refractivity contribution >= 4 is 0 Å². The summed E-state index contributed by atoms with van der Waals surface area (Å²) in [6.07, 6.45) is 16.3. The first-order chi connectivity index (χ1) is 36.8. The summed E-state index contributed by atoms with van der Waals surface area (Å²) in [6.45, 7) is 69.4. The number of hydrogen-bond acceptors (Lipinski definition) is 0. The van der Waals surface area contributed by atoms with Crippen LogP contribution in [0.4, 0.5) is 0 Å². The van der Waals surface area contributed by atoms with Crippen molar-refractivity contribution in [1.29, 1.82) is 0 Å². The van der Waals surface area contributed by atoms with E-state index in [0.29, 0.717) is 23.7 Å². The van der Waals surface area contributed by atoms with Gasteiger partial charge in [0.25, 0.3) is 0 Å². The summed E-state index contributed by atoms with van der Waals surface area (Å²) in [4.78, 5) is 0. The molecule has 0 saturated heterocycles. The van der Waals surface area contributed by atoms with Gasteiger partial charge in [-0.05, 0) is 120 Å². The molecule has 0 aliphatic rings. The number of benzene rings is 4. The smallest absolute Gasteiger partial charge is 0.341 e. The van der Waals surface area contributed by atoms with Crippen molar-refractivity contribution in [3.63, 3.8) is 0 Å². The van der Waals surface area contributed by atoms with E-state index in [1.54, 1.807) is 11.1 Å². The first-order valence-electron chi connectivity index (χ1n) is 32.1. The molecule has 0 aromatic heterocycles. The molecule has 0 N–H and O–H groups in total. The van der Waals surface area contributed by atoms with Crippen LogP contribution in [0.15, 0.2) is 97.1 Å². The minimum atomic E-state index is 0. The molecular formula is C80H146Y2. The Labute approximate surface area is 573 Å². The molecule has 0 saturated carbocycles. The number of hydrogen-bond donors (Lipinski definition) is 0. The third-order valence-electron chi connectivity index (χ3n) is 12.4. The molecular weight excluding hydrogens is 1140 g/mol. The van der Waals surface area contributed by atoms with Gasteiger partial charge in [0, 0.05) is 0 Å². The molecule has 0 aliphatic carbocycles. The second-order valence-corrected chi connectivity index (χ2v) is 23.9. The van der Waals surface area contributed by atoms with E-state index < -0.39 is 0 Å². The summed E-state index contributed by atoms with van der Waals surface area (Å²) >= 11 is 0. The molecule has 6 atom stereocenters. The van der Waals surface area contributed by atoms with Crippen molar-refractivity contribution in [3.05, 3.63) is 169 Å². The minimum absolute atomic E-state index is 0. The normalized spacial score (nSPS) is 11.9. The van der Waals surface area contributed by atoms with Crippen LogP contribution in [0.5, 0.6) is 0 Å². The van der Waals surface area contributed by atoms with Crippen LogP contribution in [0.1, 0.15) is 292 Å². The summed E-state index contributed by atoms with van der Waals surface area (Å²) < 4.78 is 0. The Morgan fingerprint density at radius 1 is 0.366 bits per heavy atom. The maximum atomic E-state index is 3.88. The van der Waals surface area contributed by atoms with E-state index in [4.69, 9.17) is 0 Å². The molecule has 4 rings (SSSR count). The Kier molecular flexibility index (Phi) is 91.1. The molecule has 0 bridgehead atoms. The van der Waals surface area contributed by atoms with Crippen molar-refractivity contribution in [3.8, 4) is 0 Å². The maximum Gasteiger partial charge on any atom is 3.00 e. The first-order valence-corrected chi connectivity index (χ1v) is 32.1. The molecule has 0 fully saturated rings. The molecule has 0 spiro atoms. The van der Waals surface area contributed by atoms with E-state index in [1.165, 1.54) is 60.8 Å². The topological polar surface area (TPSA) is 0 Å². The molecule has 472 valence electrons. The van der Waals surface area contributed by atoms with Gasteiger partial charge in [-0.1, -0.05) is 255 Å². The zero-order chi connectivity index (χ0) is 61.6. The van der Waals surface area contributed by atoms with Crippen molar-refractivity contribution in [1.82, 2.24) is 0 Å². The van der Waals surface area contributed by atoms with Crippen LogP contribution in [-0.4, -0.2) is 0 Å². The molecule has 0 nitrogen and oxygen atoms in total. The van der Waals surface area contributed by atoms with Crippen molar-refractivity contribution in [2.45, 2.75) is 285 Å². The summed E-state index contributed by atoms with van der Waals surface area (Å²) in [5, 5.41) is 0. The van der Waals surface area contributed by atoms with Crippen molar-refractivity contribution in [2.75, 3.05) is 0 Å². The Balaban J connectivity index is -0.0000000950. The molecule has 0 radical (unpaired) electrons. The van der Waals surface area contributed by atoms with Crippen LogP contribution in [0, 0.1) is 98.0 Å². The maximum absolute atomic E-state index is 3.88. The fraction of sp³-hybridized carbons (Fsp3) is 0.650. The average Bonchev–Trinajstić information content (AvgIpc) is 3.39. The van der Waals surface area contributed by atoms with Crippen LogP contribution >= 0.6 is 0 Å². The van der Waals surface area contributed by atoms with Gasteiger partial charge in [-0.3, -0.25) is 0 Å². The monoisotopic (exact) mass is 1280 g/mol. The average molecular weight is 1290 g/mol. The fourth-order valence-corrected chi connectivity index (χ4v) is 9.53. The molecule has 4 aromatic rings. The van der Waals surface area contributed by atoms with Crippen LogP contribution in [0.3, 0.4) is 0 Å². The molecule has 82 heavy (non-hydrogen) atoms. The molecule has 2 heteroatoms. The molecule has 0 aliphatic heterocycles. The van der Waals surface area contributed by atoms with Gasteiger partial charge in [0.1, 0.15) is 0 Å². The van der Waals surface area contributed by atoms with Gasteiger partial charge in [-0.15, -0.1) is 0 Å². The third kappa shape index (κ3) is 66.6. The summed E-state index contributed by atoms with van der Waals surface area (Å²) in [6, 6.07) is 40.4. The fourth-order valence-electron chi connectivity index (χ4n) is 9.53. The van der Waals surface area contributed by atoms with E-state index >= 15 is 0 Å². The summed E-state index contributed by atoms with van der Waals surface area (Å²) in [7, 11) is 0. The van der Waals surface area contributed by atoms with Crippen molar-refractivity contribution in [2.24, 2.45) is 59.2 Å². The number of rotatable bonds is 20. The van der Waals surface area contributed by atoms with Gasteiger partial charge in [0.15, 0.2) is 0 Å². The zero-order valence-corrected chi connectivity index (χ0v) is 64.6. The standard InChI is InChI=1S/2C19H32.2C8H9.2C7H15.2C3H7.2C2H6.2CH4.2Y/c2*1-7-17-10-8-9-11-18(17)19(15(4)5)13-16(6)12-14(2)3;2*1-2-8-6-4-3-5-7-8;2*1-6(2)5-7(3)4;2*1-3-2;2*1-2;;;;/h2*8-11,14-16,19H,7,12-13H2,1-6H3;2*3-6H,2H2,1H3;2*6-7H,1,5H2,2-4H3;2*3H,1-2H3;2*1-2H3;2*1H4;;/q;;6*-1;;;;;2*+3. The van der Waals surface area contributed by atoms with Gasteiger partial charge in [0.05, 0.1) is 0 Å². The Morgan fingerprint density at radius 3 is 0.768 bits per heavy atom. The minimum Gasteiger partial charge on any atom is -0.341 e. The Bertz CT molecular complexity index is 1580. The molecule has 0 heterocycles. The van der Waals surface area contributed by atoms with E-state index in [1.807, 2.05) is 105 Å². The summed E-state index contributed by atoms with van der Waals surface area (Å²) in [5.74, 6) is 9.00. The van der Waals surface area contributed by atoms with Crippen molar-refractivity contribution < 1.29 is 65.4 Å². The molecule has 4 aromatic carbocycles. The van der Waals surface area contributed by atoms with E-state index in [2.05, 4.69) is 225 Å². The molecule has 0 amide bonds. The Morgan fingerprint density at radius 2 is 0.610 bits per heavy atom. The molecule has 6 unspecified atom stereocenters. The quantitative estimate of drug-likeness (QED) is 0.0774. The predicted molar refractivity (Wildman–Crippen MR) is 378 cm³/mol. The second kappa shape index (κ2) is 72.6. The first kappa shape index (κ1) is 103. The van der Waals surface area contributed by atoms with Gasteiger partial charge < -0.3 is 26.7 Å². The van der Waals surface area contributed by atoms with E-state index in [-0.39, 0.29) is 80.3 Å². The van der Waals surface area contributed by atoms with Crippen LogP contribution in [0.2, 0.25) is 0 Å². The van der Waals surface area contributed by atoms with Gasteiger partial charge in [-0.2, -0.15) is 111 Å². The van der Waals surface area contributed by atoms with Gasteiger partial charge in [-0.25, -0.2) is 0 Å². The SMILES string of the molecule is C.C.CC.CC.CCc1[c-]cccc1.CCc1[c-]cccc1.CCc1ccccc1C(CC(C)CC(C)C)C(C)C.CCc1ccccc1C(CC(C)CC(C)C)C(C)C.C[CH-]C.C[CH-]C.[CH2-]C(C)CC(C)C.[CH2-]C(C)CC(C)C.[Y+3].[Y+3]. The third-order valence-corrected chi connectivity index (χ3v) is 12.4. The number of aryl methyl sites for hydroxylation is 4. The van der Waals surface area contributed by atoms with Gasteiger partial charge >= 0.3 is 65.4 Å². The van der Waals surface area contributed by atoms with Crippen LogP contribution in [-0.2, 0) is 91.1 Å². The Hall–Kier alpha value is -0.912. The van der Waals surface area contributed by atoms with Crippen LogP contribution < -0.4 is 0 Å². The predicted octanol–water partition coefficient (Wildman–Crippen LogP) is 27.0. The second-order valence-electron chi connectivity index (χ2n) is 23.9. The van der Waals surface area contributed by atoms with Crippen LogP contribution in [0.25, 0.3) is 0 Å². The summed E-state index contributed by atoms with van der Waals surface area (Å²) in [5.41, 5.74) is 8.84. The van der Waals surface area contributed by atoms with E-state index in [0.717, 1.165) is 73.0 Å².